The molecule has 2 aromatic rings. The fourth-order valence-electron chi connectivity index (χ4n) is 1.94. The van der Waals surface area contributed by atoms with Crippen molar-refractivity contribution in [2.45, 2.75) is 13.5 Å². The molecule has 1 heterocycles. The Labute approximate surface area is 184 Å². The first kappa shape index (κ1) is 23.1. The highest BCUT2D eigenvalue weighted by molar-refractivity contribution is 14.0. The summed E-state index contributed by atoms with van der Waals surface area (Å²) in [5.41, 5.74) is 0. The Morgan fingerprint density at radius 2 is 1.92 bits per heavy atom. The third-order valence-electron chi connectivity index (χ3n) is 3.13. The topological polar surface area (TPSA) is 76.4 Å². The molecule has 2 N–H and O–H groups in total. The number of nitrogens with one attached hydrogen (secondary N) is 2. The third-order valence-corrected chi connectivity index (χ3v) is 3.91. The fraction of sp³-hybridized carbons (Fsp3) is 0.400. The van der Waals surface area contributed by atoms with Gasteiger partial charge in [0.25, 0.3) is 0 Å². The van der Waals surface area contributed by atoms with Gasteiger partial charge in [0.2, 0.25) is 0 Å². The Balaban J connectivity index is 0.00000338. The Hall–Kier alpha value is -0.970. The Morgan fingerprint density at radius 1 is 1.23 bits per heavy atom. The lowest BCUT2D eigenvalue weighted by molar-refractivity contribution is 0.322. The number of aromatic nitrogens is 3. The molecule has 1 aromatic heterocycles. The zero-order valence-electron chi connectivity index (χ0n) is 14.3. The summed E-state index contributed by atoms with van der Waals surface area (Å²) < 4.78 is 7.31. The first-order chi connectivity index (χ1) is 12.0. The second kappa shape index (κ2) is 11.7. The Bertz CT molecular complexity index is 717. The summed E-state index contributed by atoms with van der Waals surface area (Å²) in [6, 6.07) is 3.17. The maximum atomic E-state index is 6.08. The van der Waals surface area contributed by atoms with Crippen LogP contribution in [0.25, 0.3) is 0 Å². The molecule has 0 aliphatic heterocycles. The lowest BCUT2D eigenvalue weighted by atomic mass is 10.3. The molecule has 7 nitrogen and oxygen atoms in total. The maximum Gasteiger partial charge on any atom is 0.191 e. The molecule has 11 heteroatoms. The molecule has 144 valence electrons. The monoisotopic (exact) mass is 532 g/mol. The zero-order chi connectivity index (χ0) is 18.2. The number of hydrogen-bond acceptors (Lipinski definition) is 4. The van der Waals surface area contributed by atoms with Crippen molar-refractivity contribution in [3.05, 3.63) is 39.4 Å². The van der Waals surface area contributed by atoms with E-state index in [2.05, 4.69) is 25.7 Å². The lowest BCUT2D eigenvalue weighted by Crippen LogP contribution is -2.39. The molecule has 26 heavy (non-hydrogen) atoms. The average Bonchev–Trinajstić information content (AvgIpc) is 2.96. The molecule has 0 aliphatic rings. The second-order valence-electron chi connectivity index (χ2n) is 4.97. The van der Waals surface area contributed by atoms with Crippen molar-refractivity contribution in [2.24, 2.45) is 12.0 Å². The normalized spacial score (nSPS) is 11.0. The van der Waals surface area contributed by atoms with Gasteiger partial charge in [0.05, 0.1) is 16.6 Å². The molecule has 0 saturated heterocycles. The van der Waals surface area contributed by atoms with Crippen LogP contribution in [0.2, 0.25) is 15.1 Å². The molecule has 0 atom stereocenters. The van der Waals surface area contributed by atoms with E-state index in [4.69, 9.17) is 39.5 Å². The molecule has 0 spiro atoms. The predicted octanol–water partition coefficient (Wildman–Crippen LogP) is 3.53. The molecule has 0 fully saturated rings. The van der Waals surface area contributed by atoms with E-state index in [1.165, 1.54) is 6.33 Å². The van der Waals surface area contributed by atoms with Crippen molar-refractivity contribution >= 4 is 64.7 Å². The molecular formula is C15H20Cl3IN6O. The van der Waals surface area contributed by atoms with Gasteiger partial charge in [-0.15, -0.1) is 24.0 Å². The number of rotatable bonds is 7. The lowest BCUT2D eigenvalue weighted by Gasteiger charge is -2.13. The van der Waals surface area contributed by atoms with Gasteiger partial charge in [-0.1, -0.05) is 34.8 Å². The van der Waals surface area contributed by atoms with E-state index in [0.717, 1.165) is 12.4 Å². The minimum absolute atomic E-state index is 0. The van der Waals surface area contributed by atoms with E-state index in [-0.39, 0.29) is 24.0 Å². The highest BCUT2D eigenvalue weighted by Gasteiger charge is 2.09. The van der Waals surface area contributed by atoms with Gasteiger partial charge in [-0.25, -0.2) is 9.98 Å². The first-order valence-electron chi connectivity index (χ1n) is 7.63. The van der Waals surface area contributed by atoms with Gasteiger partial charge >= 0.3 is 0 Å². The van der Waals surface area contributed by atoms with E-state index >= 15 is 0 Å². The van der Waals surface area contributed by atoms with Crippen LogP contribution in [-0.2, 0) is 13.6 Å². The van der Waals surface area contributed by atoms with Crippen molar-refractivity contribution in [3.8, 4) is 5.75 Å². The quantitative estimate of drug-likeness (QED) is 0.247. The number of benzene rings is 1. The maximum absolute atomic E-state index is 6.08. The minimum Gasteiger partial charge on any atom is -0.489 e. The van der Waals surface area contributed by atoms with Crippen LogP contribution >= 0.6 is 58.8 Å². The highest BCUT2D eigenvalue weighted by Crippen LogP contribution is 2.35. The molecule has 0 aliphatic carbocycles. The Morgan fingerprint density at radius 3 is 2.50 bits per heavy atom. The van der Waals surface area contributed by atoms with E-state index in [9.17, 15) is 0 Å². The molecular weight excluding hydrogens is 513 g/mol. The summed E-state index contributed by atoms with van der Waals surface area (Å²) in [5, 5.41) is 11.5. The van der Waals surface area contributed by atoms with E-state index in [1.807, 2.05) is 14.0 Å². The van der Waals surface area contributed by atoms with Crippen molar-refractivity contribution < 1.29 is 4.74 Å². The summed E-state index contributed by atoms with van der Waals surface area (Å²) >= 11 is 18.0. The number of nitrogens with zero attached hydrogens (tertiary/aromatic N) is 4. The van der Waals surface area contributed by atoms with Gasteiger partial charge in [-0.3, -0.25) is 4.68 Å². The molecule has 0 saturated carbocycles. The summed E-state index contributed by atoms with van der Waals surface area (Å²) in [6.07, 6.45) is 1.50. The largest absolute Gasteiger partial charge is 0.489 e. The van der Waals surface area contributed by atoms with Crippen LogP contribution < -0.4 is 15.4 Å². The summed E-state index contributed by atoms with van der Waals surface area (Å²) in [5.74, 6) is 1.84. The highest BCUT2D eigenvalue weighted by atomic mass is 127. The number of aryl methyl sites for hydroxylation is 1. The zero-order valence-corrected chi connectivity index (χ0v) is 18.9. The van der Waals surface area contributed by atoms with Gasteiger partial charge in [-0.2, -0.15) is 5.10 Å². The van der Waals surface area contributed by atoms with Gasteiger partial charge in [0.15, 0.2) is 11.7 Å². The van der Waals surface area contributed by atoms with Crippen molar-refractivity contribution in [3.63, 3.8) is 0 Å². The predicted molar refractivity (Wildman–Crippen MR) is 116 cm³/mol. The number of guanidine groups is 1. The van der Waals surface area contributed by atoms with E-state index in [1.54, 1.807) is 16.8 Å². The van der Waals surface area contributed by atoms with Gasteiger partial charge in [0, 0.05) is 18.6 Å². The molecule has 0 radical (unpaired) electrons. The molecule has 0 unspecified atom stereocenters. The first-order valence-corrected chi connectivity index (χ1v) is 8.77. The SMILES string of the molecule is CCNC(=NCc1ncnn1C)NCCOc1c(Cl)cc(Cl)cc1Cl.I. The third kappa shape index (κ3) is 6.98. The van der Waals surface area contributed by atoms with Crippen LogP contribution in [0, 0.1) is 0 Å². The van der Waals surface area contributed by atoms with Gasteiger partial charge in [0.1, 0.15) is 25.3 Å². The van der Waals surface area contributed by atoms with Crippen molar-refractivity contribution in [1.82, 2.24) is 25.4 Å². The summed E-state index contributed by atoms with van der Waals surface area (Å²) in [7, 11) is 1.83. The van der Waals surface area contributed by atoms with Crippen LogP contribution in [-0.4, -0.2) is 40.4 Å². The fourth-order valence-corrected chi connectivity index (χ4v) is 2.87. The van der Waals surface area contributed by atoms with Crippen LogP contribution in [0.4, 0.5) is 0 Å². The number of aliphatic imine (C=N–C) groups is 1. The van der Waals surface area contributed by atoms with Crippen LogP contribution in [0.5, 0.6) is 5.75 Å². The van der Waals surface area contributed by atoms with Crippen molar-refractivity contribution in [2.75, 3.05) is 19.7 Å². The average molecular weight is 534 g/mol. The Kier molecular flexibility index (Phi) is 10.4. The molecule has 0 bridgehead atoms. The number of halogens is 4. The van der Waals surface area contributed by atoms with Crippen LogP contribution in [0.1, 0.15) is 12.7 Å². The standard InChI is InChI=1S/C15H19Cl3N6O.HI/c1-3-19-15(21-8-13-22-9-23-24(13)2)20-4-5-25-14-11(17)6-10(16)7-12(14)18;/h6-7,9H,3-5,8H2,1-2H3,(H2,19,20,21);1H. The summed E-state index contributed by atoms with van der Waals surface area (Å²) in [4.78, 5) is 8.59. The number of ether oxygens (including phenoxy) is 1. The number of hydrogen-bond donors (Lipinski definition) is 2. The van der Waals surface area contributed by atoms with E-state index < -0.39 is 0 Å². The van der Waals surface area contributed by atoms with Gasteiger partial charge in [-0.05, 0) is 19.1 Å². The van der Waals surface area contributed by atoms with E-state index in [0.29, 0.717) is 46.5 Å². The molecule has 0 amide bonds. The van der Waals surface area contributed by atoms with Crippen molar-refractivity contribution in [1.29, 1.82) is 0 Å². The van der Waals surface area contributed by atoms with Crippen LogP contribution in [0.3, 0.4) is 0 Å². The smallest absolute Gasteiger partial charge is 0.191 e. The molecule has 1 aromatic carbocycles. The second-order valence-corrected chi connectivity index (χ2v) is 6.22. The summed E-state index contributed by atoms with van der Waals surface area (Å²) in [6.45, 7) is 4.01. The van der Waals surface area contributed by atoms with Crippen LogP contribution in [0.15, 0.2) is 23.5 Å². The molecule has 2 rings (SSSR count). The minimum atomic E-state index is 0. The van der Waals surface area contributed by atoms with Gasteiger partial charge < -0.3 is 15.4 Å².